The van der Waals surface area contributed by atoms with Crippen molar-refractivity contribution in [3.63, 3.8) is 0 Å². The maximum absolute atomic E-state index is 13.6. The molecule has 0 saturated heterocycles. The van der Waals surface area contributed by atoms with Crippen molar-refractivity contribution in [2.75, 3.05) is 0 Å². The molecule has 0 aliphatic heterocycles. The molecule has 86 valence electrons. The number of carbonyl (C=O) groups excluding carboxylic acids is 1. The van der Waals surface area contributed by atoms with E-state index in [4.69, 9.17) is 0 Å². The lowest BCUT2D eigenvalue weighted by Crippen LogP contribution is -2.39. The molecule has 0 aromatic heterocycles. The Morgan fingerprint density at radius 3 is 2.75 bits per heavy atom. The van der Waals surface area contributed by atoms with E-state index in [1.165, 1.54) is 6.07 Å². The van der Waals surface area contributed by atoms with E-state index in [-0.39, 0.29) is 17.5 Å². The number of aryl methyl sites for hydroxylation is 1. The Bertz CT molecular complexity index is 429. The lowest BCUT2D eigenvalue weighted by atomic mass is 9.93. The van der Waals surface area contributed by atoms with Gasteiger partial charge in [-0.15, -0.1) is 0 Å². The Hall–Kier alpha value is -0.900. The highest BCUT2D eigenvalue weighted by Crippen LogP contribution is 2.22. The second-order valence-corrected chi connectivity index (χ2v) is 5.04. The van der Waals surface area contributed by atoms with Crippen molar-refractivity contribution in [1.29, 1.82) is 0 Å². The summed E-state index contributed by atoms with van der Waals surface area (Å²) in [7, 11) is 0. The number of nitrogens with one attached hydrogen (secondary N) is 1. The zero-order valence-corrected chi connectivity index (χ0v) is 10.6. The number of hydrogen-bond donors (Lipinski definition) is 1. The summed E-state index contributed by atoms with van der Waals surface area (Å²) in [4.78, 5) is 11.8. The molecule has 1 aliphatic rings. The Morgan fingerprint density at radius 1 is 1.50 bits per heavy atom. The number of carbonyl (C=O) groups is 1. The Labute approximate surface area is 102 Å². The molecule has 1 amide bonds. The van der Waals surface area contributed by atoms with Gasteiger partial charge >= 0.3 is 0 Å². The van der Waals surface area contributed by atoms with E-state index in [0.29, 0.717) is 4.47 Å². The fraction of sp³-hybridized carbons (Fsp3) is 0.417. The second-order valence-electron chi connectivity index (χ2n) is 4.18. The summed E-state index contributed by atoms with van der Waals surface area (Å²) in [6.07, 6.45) is 3.15. The van der Waals surface area contributed by atoms with Crippen LogP contribution in [-0.2, 0) is 0 Å². The number of benzene rings is 1. The molecule has 0 radical (unpaired) electrons. The predicted octanol–water partition coefficient (Wildman–Crippen LogP) is 3.18. The molecule has 0 unspecified atom stereocenters. The molecule has 4 heteroatoms. The summed E-state index contributed by atoms with van der Waals surface area (Å²) in [5.41, 5.74) is 0.993. The lowest BCUT2D eigenvalue weighted by Gasteiger charge is -2.26. The van der Waals surface area contributed by atoms with Gasteiger partial charge in [-0.1, -0.05) is 15.9 Å². The number of halogens is 2. The van der Waals surface area contributed by atoms with Crippen molar-refractivity contribution in [2.24, 2.45) is 0 Å². The van der Waals surface area contributed by atoms with Gasteiger partial charge in [0.15, 0.2) is 0 Å². The third-order valence-electron chi connectivity index (χ3n) is 2.93. The van der Waals surface area contributed by atoms with Crippen LogP contribution in [0.2, 0.25) is 0 Å². The van der Waals surface area contributed by atoms with Gasteiger partial charge in [-0.3, -0.25) is 4.79 Å². The van der Waals surface area contributed by atoms with E-state index >= 15 is 0 Å². The van der Waals surface area contributed by atoms with Gasteiger partial charge in [0.05, 0.1) is 5.56 Å². The molecule has 0 bridgehead atoms. The van der Waals surface area contributed by atoms with Gasteiger partial charge in [0, 0.05) is 10.5 Å². The first-order valence-corrected chi connectivity index (χ1v) is 6.13. The summed E-state index contributed by atoms with van der Waals surface area (Å²) in [6.45, 7) is 1.84. The molecule has 2 nitrogen and oxygen atoms in total. The smallest absolute Gasteiger partial charge is 0.254 e. The van der Waals surface area contributed by atoms with Gasteiger partial charge < -0.3 is 5.32 Å². The maximum Gasteiger partial charge on any atom is 0.254 e. The summed E-state index contributed by atoms with van der Waals surface area (Å²) in [5, 5.41) is 2.83. The van der Waals surface area contributed by atoms with Crippen LogP contribution >= 0.6 is 15.9 Å². The van der Waals surface area contributed by atoms with E-state index in [9.17, 15) is 9.18 Å². The van der Waals surface area contributed by atoms with Gasteiger partial charge in [-0.25, -0.2) is 4.39 Å². The Morgan fingerprint density at radius 2 is 2.19 bits per heavy atom. The minimum Gasteiger partial charge on any atom is -0.349 e. The quantitative estimate of drug-likeness (QED) is 0.889. The summed E-state index contributed by atoms with van der Waals surface area (Å²) in [5.74, 6) is -0.785. The van der Waals surface area contributed by atoms with E-state index < -0.39 is 5.82 Å². The zero-order valence-electron chi connectivity index (χ0n) is 9.02. The molecule has 1 aromatic carbocycles. The van der Waals surface area contributed by atoms with Crippen molar-refractivity contribution < 1.29 is 9.18 Å². The molecule has 2 rings (SSSR count). The molecule has 0 spiro atoms. The van der Waals surface area contributed by atoms with Crippen LogP contribution in [0.4, 0.5) is 4.39 Å². The lowest BCUT2D eigenvalue weighted by molar-refractivity contribution is 0.0912. The monoisotopic (exact) mass is 285 g/mol. The molecule has 1 saturated carbocycles. The topological polar surface area (TPSA) is 29.1 Å². The largest absolute Gasteiger partial charge is 0.349 e. The Balaban J connectivity index is 2.18. The SMILES string of the molecule is Cc1cc(C(=O)NC2CCC2)c(F)cc1Br. The van der Waals surface area contributed by atoms with E-state index in [1.807, 2.05) is 6.92 Å². The van der Waals surface area contributed by atoms with Crippen molar-refractivity contribution >= 4 is 21.8 Å². The third-order valence-corrected chi connectivity index (χ3v) is 3.79. The molecular formula is C12H13BrFNO. The second kappa shape index (κ2) is 4.53. The van der Waals surface area contributed by atoms with Gasteiger partial charge in [0.25, 0.3) is 5.91 Å². The average molecular weight is 286 g/mol. The van der Waals surface area contributed by atoms with Gasteiger partial charge in [0.2, 0.25) is 0 Å². The summed E-state index contributed by atoms with van der Waals surface area (Å²) in [6, 6.07) is 3.15. The van der Waals surface area contributed by atoms with Gasteiger partial charge in [0.1, 0.15) is 5.82 Å². The molecule has 1 aromatic rings. The first-order valence-electron chi connectivity index (χ1n) is 5.34. The highest BCUT2D eigenvalue weighted by atomic mass is 79.9. The van der Waals surface area contributed by atoms with E-state index in [0.717, 1.165) is 24.8 Å². The average Bonchev–Trinajstić information content (AvgIpc) is 2.17. The van der Waals surface area contributed by atoms with Crippen LogP contribution in [0.3, 0.4) is 0 Å². The van der Waals surface area contributed by atoms with Crippen molar-refractivity contribution in [2.45, 2.75) is 32.2 Å². The van der Waals surface area contributed by atoms with Crippen LogP contribution in [0.5, 0.6) is 0 Å². The minimum atomic E-state index is -0.478. The normalized spacial score (nSPS) is 15.7. The zero-order chi connectivity index (χ0) is 11.7. The highest BCUT2D eigenvalue weighted by Gasteiger charge is 2.22. The van der Waals surface area contributed by atoms with Crippen LogP contribution in [-0.4, -0.2) is 11.9 Å². The molecule has 1 N–H and O–H groups in total. The maximum atomic E-state index is 13.6. The van der Waals surface area contributed by atoms with Crippen LogP contribution in [0.1, 0.15) is 35.2 Å². The number of amides is 1. The van der Waals surface area contributed by atoms with Crippen LogP contribution < -0.4 is 5.32 Å². The minimum absolute atomic E-state index is 0.132. The van der Waals surface area contributed by atoms with Crippen molar-refractivity contribution in [3.05, 3.63) is 33.5 Å². The molecule has 16 heavy (non-hydrogen) atoms. The molecule has 1 fully saturated rings. The van der Waals surface area contributed by atoms with Crippen LogP contribution in [0.25, 0.3) is 0 Å². The fourth-order valence-corrected chi connectivity index (χ4v) is 1.96. The van der Waals surface area contributed by atoms with Crippen LogP contribution in [0, 0.1) is 12.7 Å². The first kappa shape index (κ1) is 11.6. The standard InChI is InChI=1S/C12H13BrFNO/c1-7-5-9(11(14)6-10(7)13)12(16)15-8-3-2-4-8/h5-6,8H,2-4H2,1H3,(H,15,16). The van der Waals surface area contributed by atoms with Gasteiger partial charge in [-0.2, -0.15) is 0 Å². The van der Waals surface area contributed by atoms with Gasteiger partial charge in [-0.05, 0) is 43.9 Å². The van der Waals surface area contributed by atoms with E-state index in [2.05, 4.69) is 21.2 Å². The third kappa shape index (κ3) is 2.26. The highest BCUT2D eigenvalue weighted by molar-refractivity contribution is 9.10. The Kier molecular flexibility index (Phi) is 3.28. The summed E-state index contributed by atoms with van der Waals surface area (Å²) < 4.78 is 14.2. The predicted molar refractivity (Wildman–Crippen MR) is 63.9 cm³/mol. The molecule has 1 aliphatic carbocycles. The molecule has 0 atom stereocenters. The molecule has 0 heterocycles. The van der Waals surface area contributed by atoms with E-state index in [1.54, 1.807) is 6.07 Å². The summed E-state index contributed by atoms with van der Waals surface area (Å²) >= 11 is 3.23. The number of rotatable bonds is 2. The van der Waals surface area contributed by atoms with Crippen LogP contribution in [0.15, 0.2) is 16.6 Å². The fourth-order valence-electron chi connectivity index (χ4n) is 1.65. The van der Waals surface area contributed by atoms with Crippen molar-refractivity contribution in [1.82, 2.24) is 5.32 Å². The number of hydrogen-bond acceptors (Lipinski definition) is 1. The van der Waals surface area contributed by atoms with Crippen molar-refractivity contribution in [3.8, 4) is 0 Å². The first-order chi connectivity index (χ1) is 7.58. The molecular weight excluding hydrogens is 273 g/mol.